The summed E-state index contributed by atoms with van der Waals surface area (Å²) in [7, 11) is 0. The van der Waals surface area contributed by atoms with Crippen LogP contribution in [0.5, 0.6) is 0 Å². The summed E-state index contributed by atoms with van der Waals surface area (Å²) >= 11 is 0. The van der Waals surface area contributed by atoms with Crippen molar-refractivity contribution in [3.63, 3.8) is 0 Å². The fourth-order valence-electron chi connectivity index (χ4n) is 3.27. The molecule has 1 aliphatic rings. The number of pyridine rings is 1. The molecule has 0 unspecified atom stereocenters. The van der Waals surface area contributed by atoms with E-state index in [4.69, 9.17) is 0 Å². The third-order valence-corrected chi connectivity index (χ3v) is 4.93. The molecule has 3 rings (SSSR count). The number of aryl methyl sites for hydroxylation is 1. The van der Waals surface area contributed by atoms with Crippen LogP contribution in [-0.2, 0) is 4.79 Å². The van der Waals surface area contributed by atoms with Gasteiger partial charge in [-0.05, 0) is 36.1 Å². The van der Waals surface area contributed by atoms with Gasteiger partial charge in [0.2, 0.25) is 6.41 Å². The highest BCUT2D eigenvalue weighted by Gasteiger charge is 2.22. The van der Waals surface area contributed by atoms with Crippen molar-refractivity contribution in [2.45, 2.75) is 26.7 Å². The lowest BCUT2D eigenvalue weighted by molar-refractivity contribution is -0.119. The van der Waals surface area contributed by atoms with Crippen LogP contribution in [0.1, 0.15) is 41.4 Å². The van der Waals surface area contributed by atoms with E-state index in [9.17, 15) is 9.59 Å². The zero-order valence-corrected chi connectivity index (χ0v) is 16.1. The lowest BCUT2D eigenvalue weighted by atomic mass is 9.98. The number of piperazine rings is 1. The number of anilines is 2. The lowest BCUT2D eigenvalue weighted by Crippen LogP contribution is -2.48. The number of rotatable bonds is 5. The number of hydrogen-bond donors (Lipinski definition) is 1. The van der Waals surface area contributed by atoms with Gasteiger partial charge < -0.3 is 15.1 Å². The second-order valence-electron chi connectivity index (χ2n) is 7.18. The smallest absolute Gasteiger partial charge is 0.272 e. The molecule has 2 amide bonds. The highest BCUT2D eigenvalue weighted by molar-refractivity contribution is 5.92. The van der Waals surface area contributed by atoms with Crippen molar-refractivity contribution in [3.05, 3.63) is 53.3 Å². The maximum absolute atomic E-state index is 12.6. The standard InChI is InChI=1S/C21H26N4O2/c1-15(2)18-6-4-5-16(3)20(18)23-17-7-8-19(22-13-17)21(27)25-11-9-24(14-26)10-12-25/h4-8,13-15,23H,9-12H2,1-3H3. The van der Waals surface area contributed by atoms with Crippen molar-refractivity contribution in [1.82, 2.24) is 14.8 Å². The number of hydrogen-bond acceptors (Lipinski definition) is 4. The van der Waals surface area contributed by atoms with Crippen LogP contribution < -0.4 is 5.32 Å². The number of nitrogens with one attached hydrogen (secondary N) is 1. The second kappa shape index (κ2) is 8.20. The van der Waals surface area contributed by atoms with E-state index in [1.807, 2.05) is 6.07 Å². The Labute approximate surface area is 160 Å². The van der Waals surface area contributed by atoms with E-state index < -0.39 is 0 Å². The molecule has 6 nitrogen and oxygen atoms in total. The van der Waals surface area contributed by atoms with Crippen molar-refractivity contribution in [2.75, 3.05) is 31.5 Å². The highest BCUT2D eigenvalue weighted by Crippen LogP contribution is 2.30. The highest BCUT2D eigenvalue weighted by atomic mass is 16.2. The largest absolute Gasteiger partial charge is 0.354 e. The first-order valence-electron chi connectivity index (χ1n) is 9.31. The monoisotopic (exact) mass is 366 g/mol. The van der Waals surface area contributed by atoms with Crippen molar-refractivity contribution in [3.8, 4) is 0 Å². The zero-order chi connectivity index (χ0) is 19.4. The Bertz CT molecular complexity index is 809. The summed E-state index contributed by atoms with van der Waals surface area (Å²) in [5, 5.41) is 3.45. The van der Waals surface area contributed by atoms with Crippen molar-refractivity contribution >= 4 is 23.7 Å². The van der Waals surface area contributed by atoms with Gasteiger partial charge in [0.1, 0.15) is 5.69 Å². The zero-order valence-electron chi connectivity index (χ0n) is 16.1. The van der Waals surface area contributed by atoms with Gasteiger partial charge in [0.15, 0.2) is 0 Å². The average Bonchev–Trinajstić information content (AvgIpc) is 2.69. The van der Waals surface area contributed by atoms with Crippen LogP contribution in [0, 0.1) is 6.92 Å². The Morgan fingerprint density at radius 2 is 1.89 bits per heavy atom. The molecule has 0 saturated carbocycles. The first kappa shape index (κ1) is 18.9. The summed E-state index contributed by atoms with van der Waals surface area (Å²) in [5.41, 5.74) is 4.80. The molecule has 1 N–H and O–H groups in total. The molecule has 1 saturated heterocycles. The van der Waals surface area contributed by atoms with Crippen molar-refractivity contribution in [1.29, 1.82) is 0 Å². The van der Waals surface area contributed by atoms with Gasteiger partial charge in [0.05, 0.1) is 11.9 Å². The fourth-order valence-corrected chi connectivity index (χ4v) is 3.27. The number of para-hydroxylation sites is 1. The first-order valence-corrected chi connectivity index (χ1v) is 9.31. The van der Waals surface area contributed by atoms with Gasteiger partial charge in [-0.15, -0.1) is 0 Å². The minimum atomic E-state index is -0.0918. The van der Waals surface area contributed by atoms with Crippen LogP contribution in [0.3, 0.4) is 0 Å². The van der Waals surface area contributed by atoms with Gasteiger partial charge in [0.25, 0.3) is 5.91 Å². The third kappa shape index (κ3) is 4.27. The van der Waals surface area contributed by atoms with E-state index in [1.54, 1.807) is 22.1 Å². The molecule has 0 bridgehead atoms. The molecule has 2 heterocycles. The lowest BCUT2D eigenvalue weighted by Gasteiger charge is -2.32. The Balaban J connectivity index is 1.71. The van der Waals surface area contributed by atoms with Gasteiger partial charge in [-0.3, -0.25) is 9.59 Å². The molecular formula is C21H26N4O2. The van der Waals surface area contributed by atoms with Gasteiger partial charge in [-0.1, -0.05) is 32.0 Å². The topological polar surface area (TPSA) is 65.5 Å². The molecular weight excluding hydrogens is 340 g/mol. The average molecular weight is 366 g/mol. The normalized spacial score (nSPS) is 14.4. The van der Waals surface area contributed by atoms with Crippen LogP contribution in [0.25, 0.3) is 0 Å². The van der Waals surface area contributed by atoms with E-state index in [0.717, 1.165) is 17.8 Å². The maximum atomic E-state index is 12.6. The van der Waals surface area contributed by atoms with Crippen LogP contribution in [0.4, 0.5) is 11.4 Å². The molecule has 27 heavy (non-hydrogen) atoms. The molecule has 0 atom stereocenters. The number of benzene rings is 1. The molecule has 1 aromatic heterocycles. The summed E-state index contributed by atoms with van der Waals surface area (Å²) in [4.78, 5) is 31.2. The van der Waals surface area contributed by atoms with Crippen molar-refractivity contribution in [2.24, 2.45) is 0 Å². The number of carbonyl (C=O) groups is 2. The van der Waals surface area contributed by atoms with Gasteiger partial charge in [0, 0.05) is 31.9 Å². The number of aromatic nitrogens is 1. The van der Waals surface area contributed by atoms with E-state index >= 15 is 0 Å². The molecule has 1 aliphatic heterocycles. The fraction of sp³-hybridized carbons (Fsp3) is 0.381. The van der Waals surface area contributed by atoms with E-state index in [-0.39, 0.29) is 5.91 Å². The molecule has 2 aromatic rings. The van der Waals surface area contributed by atoms with E-state index in [1.165, 1.54) is 11.1 Å². The summed E-state index contributed by atoms with van der Waals surface area (Å²) in [6.07, 6.45) is 2.53. The second-order valence-corrected chi connectivity index (χ2v) is 7.18. The van der Waals surface area contributed by atoms with Gasteiger partial charge in [-0.2, -0.15) is 0 Å². The summed E-state index contributed by atoms with van der Waals surface area (Å²) in [6, 6.07) is 9.92. The third-order valence-electron chi connectivity index (χ3n) is 4.93. The number of amides is 2. The summed E-state index contributed by atoms with van der Waals surface area (Å²) < 4.78 is 0. The predicted octanol–water partition coefficient (Wildman–Crippen LogP) is 3.17. The summed E-state index contributed by atoms with van der Waals surface area (Å²) in [6.45, 7) is 8.65. The Kier molecular flexibility index (Phi) is 5.74. The molecule has 1 aromatic carbocycles. The molecule has 6 heteroatoms. The molecule has 0 aliphatic carbocycles. The van der Waals surface area contributed by atoms with Gasteiger partial charge in [-0.25, -0.2) is 4.98 Å². The van der Waals surface area contributed by atoms with Crippen LogP contribution in [0.2, 0.25) is 0 Å². The molecule has 0 spiro atoms. The van der Waals surface area contributed by atoms with E-state index in [2.05, 4.69) is 49.3 Å². The molecule has 0 radical (unpaired) electrons. The SMILES string of the molecule is Cc1cccc(C(C)C)c1Nc1ccc(C(=O)N2CCN(C=O)CC2)nc1. The minimum absolute atomic E-state index is 0.0918. The Morgan fingerprint density at radius 3 is 2.48 bits per heavy atom. The van der Waals surface area contributed by atoms with Crippen LogP contribution >= 0.6 is 0 Å². The molecule has 1 fully saturated rings. The summed E-state index contributed by atoms with van der Waals surface area (Å²) in [5.74, 6) is 0.317. The van der Waals surface area contributed by atoms with E-state index in [0.29, 0.717) is 37.8 Å². The maximum Gasteiger partial charge on any atom is 0.272 e. The Morgan fingerprint density at radius 1 is 1.15 bits per heavy atom. The molecule has 142 valence electrons. The number of nitrogens with zero attached hydrogens (tertiary/aromatic N) is 3. The van der Waals surface area contributed by atoms with Crippen LogP contribution in [-0.4, -0.2) is 53.3 Å². The number of carbonyl (C=O) groups excluding carboxylic acids is 2. The quantitative estimate of drug-likeness (QED) is 0.826. The predicted molar refractivity (Wildman–Crippen MR) is 106 cm³/mol. The first-order chi connectivity index (χ1) is 13.0. The minimum Gasteiger partial charge on any atom is -0.354 e. The van der Waals surface area contributed by atoms with Gasteiger partial charge >= 0.3 is 0 Å². The van der Waals surface area contributed by atoms with Crippen LogP contribution in [0.15, 0.2) is 36.5 Å². The Hall–Kier alpha value is -2.89. The van der Waals surface area contributed by atoms with Crippen molar-refractivity contribution < 1.29 is 9.59 Å².